The fourth-order valence-corrected chi connectivity index (χ4v) is 8.48. The van der Waals surface area contributed by atoms with Gasteiger partial charge in [0.25, 0.3) is 5.91 Å². The Balaban J connectivity index is 1.40. The minimum atomic E-state index is -4.36. The zero-order valence-electron chi connectivity index (χ0n) is 24.8. The summed E-state index contributed by atoms with van der Waals surface area (Å²) in [4.78, 5) is 27.8. The third-order valence-electron chi connectivity index (χ3n) is 9.71. The molecule has 1 saturated carbocycles. The zero-order chi connectivity index (χ0) is 31.1. The van der Waals surface area contributed by atoms with Crippen molar-refractivity contribution in [2.75, 3.05) is 44.7 Å². The molecule has 1 spiro atoms. The van der Waals surface area contributed by atoms with Crippen molar-refractivity contribution < 1.29 is 27.9 Å². The summed E-state index contributed by atoms with van der Waals surface area (Å²) in [5, 5.41) is 14.3. The van der Waals surface area contributed by atoms with Crippen LogP contribution in [-0.4, -0.2) is 75.6 Å². The molecule has 0 saturated heterocycles. The van der Waals surface area contributed by atoms with E-state index in [-0.39, 0.29) is 35.8 Å². The lowest BCUT2D eigenvalue weighted by atomic mass is 9.68. The molecule has 2 bridgehead atoms. The highest BCUT2D eigenvalue weighted by Gasteiger charge is 2.44. The van der Waals surface area contributed by atoms with Crippen molar-refractivity contribution in [2.24, 2.45) is 11.8 Å². The molecular formula is C32H39ClN4O6S. The summed E-state index contributed by atoms with van der Waals surface area (Å²) in [5.74, 6) is -0.387. The van der Waals surface area contributed by atoms with Gasteiger partial charge in [-0.15, -0.1) is 0 Å². The van der Waals surface area contributed by atoms with E-state index in [1.165, 1.54) is 18.2 Å². The molecule has 2 aromatic rings. The van der Waals surface area contributed by atoms with Crippen LogP contribution >= 0.6 is 11.6 Å². The van der Waals surface area contributed by atoms with E-state index in [2.05, 4.69) is 21.0 Å². The molecule has 12 heteroatoms. The predicted molar refractivity (Wildman–Crippen MR) is 168 cm³/mol. The Morgan fingerprint density at radius 1 is 1.23 bits per heavy atom. The number of aliphatic hydroxyl groups excluding tert-OH is 1. The SMILES string of the molecule is CNC(=O)CN1CC/C=C/[C@H](O)[C@@H]2CC[C@H]2CN2C[C@@]3(CCCc4cc(Cl)ccc43)COc3ccc(cc32)C(=O)NS1(=O)=O. The average Bonchev–Trinajstić information content (AvgIpc) is 3.12. The number of rotatable bonds is 2. The largest absolute Gasteiger partial charge is 0.490 e. The zero-order valence-corrected chi connectivity index (χ0v) is 26.4. The van der Waals surface area contributed by atoms with Gasteiger partial charge in [-0.1, -0.05) is 29.8 Å². The number of hydrogen-bond donors (Lipinski definition) is 3. The fourth-order valence-electron chi connectivity index (χ4n) is 7.17. The first-order chi connectivity index (χ1) is 21.1. The summed E-state index contributed by atoms with van der Waals surface area (Å²) < 4.78 is 36.2. The minimum Gasteiger partial charge on any atom is -0.490 e. The second kappa shape index (κ2) is 12.3. The molecule has 2 aliphatic carbocycles. The number of anilines is 1. The summed E-state index contributed by atoms with van der Waals surface area (Å²) in [6.45, 7) is 1.29. The molecule has 3 N–H and O–H groups in total. The van der Waals surface area contributed by atoms with Gasteiger partial charge in [0, 0.05) is 42.7 Å². The maximum atomic E-state index is 13.4. The summed E-state index contributed by atoms with van der Waals surface area (Å²) in [5.41, 5.74) is 3.03. The number of carbonyl (C=O) groups is 2. The molecule has 4 aliphatic rings. The quantitative estimate of drug-likeness (QED) is 0.430. The monoisotopic (exact) mass is 642 g/mol. The normalized spacial score (nSPS) is 29.2. The highest BCUT2D eigenvalue weighted by Crippen LogP contribution is 2.46. The van der Waals surface area contributed by atoms with E-state index in [0.717, 1.165) is 42.1 Å². The van der Waals surface area contributed by atoms with Crippen molar-refractivity contribution in [3.8, 4) is 5.75 Å². The summed E-state index contributed by atoms with van der Waals surface area (Å²) in [6.07, 6.45) is 7.81. The summed E-state index contributed by atoms with van der Waals surface area (Å²) in [6, 6.07) is 11.1. The number of carbonyl (C=O) groups excluding carboxylic acids is 2. The van der Waals surface area contributed by atoms with E-state index >= 15 is 0 Å². The van der Waals surface area contributed by atoms with Crippen LogP contribution in [0, 0.1) is 11.8 Å². The van der Waals surface area contributed by atoms with Crippen LogP contribution in [0.1, 0.15) is 53.6 Å². The van der Waals surface area contributed by atoms with Gasteiger partial charge in [0.05, 0.1) is 24.9 Å². The molecule has 2 aromatic carbocycles. The van der Waals surface area contributed by atoms with Gasteiger partial charge in [0.15, 0.2) is 0 Å². The van der Waals surface area contributed by atoms with Gasteiger partial charge < -0.3 is 20.1 Å². The molecule has 6 rings (SSSR count). The van der Waals surface area contributed by atoms with Crippen molar-refractivity contribution in [3.05, 3.63) is 70.3 Å². The Hall–Kier alpha value is -3.12. The van der Waals surface area contributed by atoms with Crippen LogP contribution in [0.3, 0.4) is 0 Å². The number of halogens is 1. The number of amides is 2. The molecule has 4 atom stereocenters. The molecule has 236 valence electrons. The van der Waals surface area contributed by atoms with Crippen molar-refractivity contribution in [3.63, 3.8) is 0 Å². The third-order valence-corrected chi connectivity index (χ3v) is 11.4. The van der Waals surface area contributed by atoms with Crippen LogP contribution in [0.4, 0.5) is 5.69 Å². The van der Waals surface area contributed by atoms with Crippen LogP contribution in [0.15, 0.2) is 48.6 Å². The Labute approximate surface area is 263 Å². The van der Waals surface area contributed by atoms with E-state index in [1.807, 2.05) is 12.1 Å². The molecule has 2 heterocycles. The van der Waals surface area contributed by atoms with Gasteiger partial charge in [0.1, 0.15) is 5.75 Å². The van der Waals surface area contributed by atoms with Gasteiger partial charge >= 0.3 is 10.2 Å². The molecular weight excluding hydrogens is 604 g/mol. The maximum Gasteiger partial charge on any atom is 0.304 e. The lowest BCUT2D eigenvalue weighted by molar-refractivity contribution is -0.120. The number of benzene rings is 2. The van der Waals surface area contributed by atoms with Crippen LogP contribution in [-0.2, 0) is 26.8 Å². The number of hydrogen-bond acceptors (Lipinski definition) is 7. The van der Waals surface area contributed by atoms with Crippen molar-refractivity contribution in [1.82, 2.24) is 14.3 Å². The number of fused-ring (bicyclic) bond motifs is 4. The van der Waals surface area contributed by atoms with Crippen LogP contribution < -0.4 is 19.7 Å². The molecule has 2 aliphatic heterocycles. The van der Waals surface area contributed by atoms with Crippen LogP contribution in [0.2, 0.25) is 5.02 Å². The van der Waals surface area contributed by atoms with E-state index in [4.69, 9.17) is 16.3 Å². The topological polar surface area (TPSA) is 128 Å². The van der Waals surface area contributed by atoms with E-state index in [0.29, 0.717) is 30.5 Å². The van der Waals surface area contributed by atoms with Gasteiger partial charge in [0.2, 0.25) is 5.91 Å². The minimum absolute atomic E-state index is 0.0338. The number of ether oxygens (including phenoxy) is 1. The Morgan fingerprint density at radius 3 is 2.84 bits per heavy atom. The number of aryl methyl sites for hydroxylation is 1. The first-order valence-electron chi connectivity index (χ1n) is 15.3. The summed E-state index contributed by atoms with van der Waals surface area (Å²) >= 11 is 6.38. The van der Waals surface area contributed by atoms with Gasteiger partial charge in [-0.25, -0.2) is 4.72 Å². The molecule has 1 fully saturated rings. The first-order valence-corrected chi connectivity index (χ1v) is 17.1. The molecule has 0 unspecified atom stereocenters. The lowest BCUT2D eigenvalue weighted by Crippen LogP contribution is -2.49. The molecule has 2 amide bonds. The van der Waals surface area contributed by atoms with Crippen molar-refractivity contribution in [2.45, 2.75) is 50.0 Å². The van der Waals surface area contributed by atoms with E-state index in [1.54, 1.807) is 30.4 Å². The fraction of sp³-hybridized carbons (Fsp3) is 0.500. The number of nitrogens with one attached hydrogen (secondary N) is 2. The first kappa shape index (κ1) is 30.9. The van der Waals surface area contributed by atoms with Gasteiger partial charge in [-0.05, 0) is 91.8 Å². The summed E-state index contributed by atoms with van der Waals surface area (Å²) in [7, 11) is -2.94. The Morgan fingerprint density at radius 2 is 2.07 bits per heavy atom. The van der Waals surface area contributed by atoms with Gasteiger partial charge in [-0.3, -0.25) is 9.59 Å². The Bertz CT molecular complexity index is 1580. The standard InChI is InChI=1S/C32H39ClN4O6S/c1-34-30(39)18-37-14-3-2-6-28(38)25-10-7-23(25)17-36-19-32(13-4-5-21-15-24(33)9-11-26(21)32)20-43-29-12-8-22(16-27(29)36)31(40)35-44(37,41)42/h2,6,8-9,11-12,15-16,23,25,28,38H,3-5,7,10,13-14,17-20H2,1H3,(H,34,39)(H,35,40)/b6-2+/t23-,25+,28-,32-/m0/s1. The average molecular weight is 643 g/mol. The van der Waals surface area contributed by atoms with Crippen molar-refractivity contribution >= 4 is 39.3 Å². The van der Waals surface area contributed by atoms with E-state index < -0.39 is 34.7 Å². The maximum absolute atomic E-state index is 13.4. The van der Waals surface area contributed by atoms with Gasteiger partial charge in [-0.2, -0.15) is 12.7 Å². The highest BCUT2D eigenvalue weighted by atomic mass is 35.5. The molecule has 44 heavy (non-hydrogen) atoms. The van der Waals surface area contributed by atoms with Crippen LogP contribution in [0.5, 0.6) is 5.75 Å². The number of aliphatic hydroxyl groups is 1. The third kappa shape index (κ3) is 6.07. The lowest BCUT2D eigenvalue weighted by Gasteiger charge is -2.45. The number of likely N-dealkylation sites (N-methyl/N-ethyl adjacent to an activating group) is 1. The molecule has 10 nitrogen and oxygen atoms in total. The highest BCUT2D eigenvalue weighted by molar-refractivity contribution is 7.87. The Kier molecular flexibility index (Phi) is 8.67. The molecule has 0 aromatic heterocycles. The predicted octanol–water partition coefficient (Wildman–Crippen LogP) is 3.18. The van der Waals surface area contributed by atoms with Crippen molar-refractivity contribution in [1.29, 1.82) is 0 Å². The van der Waals surface area contributed by atoms with Crippen LogP contribution in [0.25, 0.3) is 0 Å². The second-order valence-electron chi connectivity index (χ2n) is 12.4. The van der Waals surface area contributed by atoms with E-state index in [9.17, 15) is 23.1 Å². The smallest absolute Gasteiger partial charge is 0.304 e. The molecule has 0 radical (unpaired) electrons. The second-order valence-corrected chi connectivity index (χ2v) is 14.5. The number of nitrogens with zero attached hydrogens (tertiary/aromatic N) is 2.